The summed E-state index contributed by atoms with van der Waals surface area (Å²) in [6, 6.07) is 0. The Labute approximate surface area is 92.7 Å². The van der Waals surface area contributed by atoms with Crippen LogP contribution in [0.25, 0.3) is 0 Å². The molecule has 0 bridgehead atoms. The fourth-order valence-corrected chi connectivity index (χ4v) is 2.59. The number of hydrogen-bond acceptors (Lipinski definition) is 2. The first-order chi connectivity index (χ1) is 7.25. The van der Waals surface area contributed by atoms with E-state index in [4.69, 9.17) is 4.74 Å². The maximum atomic E-state index is 11.8. The molecule has 0 amide bonds. The molecule has 1 aliphatic rings. The number of methoxy groups -OCH3 is 1. The Hall–Kier alpha value is -0.790. The van der Waals surface area contributed by atoms with E-state index in [-0.39, 0.29) is 11.4 Å². The van der Waals surface area contributed by atoms with Crippen molar-refractivity contribution in [2.24, 2.45) is 5.41 Å². The smallest absolute Gasteiger partial charge is 0.311 e. The van der Waals surface area contributed by atoms with Crippen LogP contribution in [0.3, 0.4) is 0 Å². The average molecular weight is 210 g/mol. The molecule has 0 aromatic heterocycles. The molecule has 0 heterocycles. The summed E-state index contributed by atoms with van der Waals surface area (Å²) in [5, 5.41) is 0. The second kappa shape index (κ2) is 5.94. The molecule has 15 heavy (non-hydrogen) atoms. The molecule has 0 aromatic rings. The van der Waals surface area contributed by atoms with Gasteiger partial charge in [0.15, 0.2) is 0 Å². The molecule has 0 radical (unpaired) electrons. The second-order valence-corrected chi connectivity index (χ2v) is 4.51. The predicted molar refractivity (Wildman–Crippen MR) is 61.6 cm³/mol. The summed E-state index contributed by atoms with van der Waals surface area (Å²) in [5.74, 6) is 0.00580. The van der Waals surface area contributed by atoms with Gasteiger partial charge in [-0.1, -0.05) is 25.3 Å². The molecule has 86 valence electrons. The second-order valence-electron chi connectivity index (χ2n) is 4.51. The molecular weight excluding hydrogens is 188 g/mol. The molecule has 0 unspecified atom stereocenters. The van der Waals surface area contributed by atoms with E-state index in [9.17, 15) is 4.79 Å². The van der Waals surface area contributed by atoms with E-state index in [0.29, 0.717) is 0 Å². The van der Waals surface area contributed by atoms with Gasteiger partial charge >= 0.3 is 5.97 Å². The third kappa shape index (κ3) is 3.08. The van der Waals surface area contributed by atoms with Gasteiger partial charge < -0.3 is 4.74 Å². The predicted octanol–water partition coefficient (Wildman–Crippen LogP) is 3.47. The molecule has 1 rings (SSSR count). The van der Waals surface area contributed by atoms with Crippen molar-refractivity contribution in [1.82, 2.24) is 0 Å². The summed E-state index contributed by atoms with van der Waals surface area (Å²) in [6.07, 6.45) is 10.6. The number of rotatable bonds is 5. The SMILES string of the molecule is C=CCCCC1(C(=O)OC)CCCCC1. The lowest BCUT2D eigenvalue weighted by Crippen LogP contribution is -2.34. The number of esters is 1. The standard InChI is InChI=1S/C13H22O2/c1-3-4-6-9-13(12(14)15-2)10-7-5-8-11-13/h3H,1,4-11H2,2H3. The van der Waals surface area contributed by atoms with Crippen molar-refractivity contribution in [3.8, 4) is 0 Å². The maximum Gasteiger partial charge on any atom is 0.311 e. The van der Waals surface area contributed by atoms with Gasteiger partial charge in [-0.05, 0) is 32.1 Å². The monoisotopic (exact) mass is 210 g/mol. The fraction of sp³-hybridized carbons (Fsp3) is 0.769. The fourth-order valence-electron chi connectivity index (χ4n) is 2.59. The van der Waals surface area contributed by atoms with E-state index in [0.717, 1.165) is 32.1 Å². The highest BCUT2D eigenvalue weighted by atomic mass is 16.5. The van der Waals surface area contributed by atoms with Crippen LogP contribution in [-0.4, -0.2) is 13.1 Å². The molecule has 0 spiro atoms. The van der Waals surface area contributed by atoms with Gasteiger partial charge in [-0.15, -0.1) is 6.58 Å². The Kier molecular flexibility index (Phi) is 4.86. The summed E-state index contributed by atoms with van der Waals surface area (Å²) in [4.78, 5) is 11.8. The zero-order valence-corrected chi connectivity index (χ0v) is 9.76. The van der Waals surface area contributed by atoms with Crippen molar-refractivity contribution < 1.29 is 9.53 Å². The molecule has 0 N–H and O–H groups in total. The van der Waals surface area contributed by atoms with Gasteiger partial charge in [-0.25, -0.2) is 0 Å². The summed E-state index contributed by atoms with van der Waals surface area (Å²) in [6.45, 7) is 3.71. The average Bonchev–Trinajstić information content (AvgIpc) is 2.29. The Morgan fingerprint density at radius 3 is 2.60 bits per heavy atom. The van der Waals surface area contributed by atoms with Crippen LogP contribution in [0.4, 0.5) is 0 Å². The molecular formula is C13H22O2. The van der Waals surface area contributed by atoms with Crippen LogP contribution >= 0.6 is 0 Å². The molecule has 1 fully saturated rings. The highest BCUT2D eigenvalue weighted by molar-refractivity contribution is 5.76. The van der Waals surface area contributed by atoms with Gasteiger partial charge in [-0.3, -0.25) is 4.79 Å². The van der Waals surface area contributed by atoms with Crippen molar-refractivity contribution in [3.05, 3.63) is 12.7 Å². The van der Waals surface area contributed by atoms with Gasteiger partial charge in [0.25, 0.3) is 0 Å². The largest absolute Gasteiger partial charge is 0.469 e. The molecule has 0 atom stereocenters. The Morgan fingerprint density at radius 2 is 2.07 bits per heavy atom. The van der Waals surface area contributed by atoms with Crippen molar-refractivity contribution in [3.63, 3.8) is 0 Å². The van der Waals surface area contributed by atoms with Gasteiger partial charge in [0.2, 0.25) is 0 Å². The van der Waals surface area contributed by atoms with E-state index in [1.165, 1.54) is 26.4 Å². The van der Waals surface area contributed by atoms with Crippen LogP contribution < -0.4 is 0 Å². The van der Waals surface area contributed by atoms with E-state index in [1.54, 1.807) is 0 Å². The summed E-state index contributed by atoms with van der Waals surface area (Å²) in [5.41, 5.74) is -0.171. The first-order valence-electron chi connectivity index (χ1n) is 5.94. The number of carbonyl (C=O) groups excluding carboxylic acids is 1. The maximum absolute atomic E-state index is 11.8. The summed E-state index contributed by atoms with van der Waals surface area (Å²) >= 11 is 0. The van der Waals surface area contributed by atoms with Crippen molar-refractivity contribution in [2.75, 3.05) is 7.11 Å². The number of unbranched alkanes of at least 4 members (excludes halogenated alkanes) is 1. The molecule has 2 heteroatoms. The minimum Gasteiger partial charge on any atom is -0.469 e. The Morgan fingerprint density at radius 1 is 1.40 bits per heavy atom. The zero-order valence-electron chi connectivity index (χ0n) is 9.76. The van der Waals surface area contributed by atoms with Gasteiger partial charge in [0.1, 0.15) is 0 Å². The Balaban J connectivity index is 2.58. The Bertz CT molecular complexity index is 215. The quantitative estimate of drug-likeness (QED) is 0.394. The third-order valence-corrected chi connectivity index (χ3v) is 3.49. The lowest BCUT2D eigenvalue weighted by Gasteiger charge is -2.34. The summed E-state index contributed by atoms with van der Waals surface area (Å²) < 4.78 is 4.96. The van der Waals surface area contributed by atoms with E-state index < -0.39 is 0 Å². The number of hydrogen-bond donors (Lipinski definition) is 0. The van der Waals surface area contributed by atoms with Crippen LogP contribution in [0.5, 0.6) is 0 Å². The van der Waals surface area contributed by atoms with E-state index in [1.807, 2.05) is 6.08 Å². The van der Waals surface area contributed by atoms with E-state index in [2.05, 4.69) is 6.58 Å². The molecule has 1 aliphatic carbocycles. The van der Waals surface area contributed by atoms with Gasteiger partial charge in [0.05, 0.1) is 12.5 Å². The third-order valence-electron chi connectivity index (χ3n) is 3.49. The van der Waals surface area contributed by atoms with Crippen LogP contribution in [0.2, 0.25) is 0 Å². The van der Waals surface area contributed by atoms with Crippen LogP contribution in [0, 0.1) is 5.41 Å². The topological polar surface area (TPSA) is 26.3 Å². The number of carbonyl (C=O) groups is 1. The lowest BCUT2D eigenvalue weighted by atomic mass is 9.71. The number of allylic oxidation sites excluding steroid dienone is 1. The zero-order chi connectivity index (χ0) is 11.1. The highest BCUT2D eigenvalue weighted by Gasteiger charge is 2.39. The van der Waals surface area contributed by atoms with Gasteiger partial charge in [0, 0.05) is 0 Å². The van der Waals surface area contributed by atoms with Crippen LogP contribution in [0.1, 0.15) is 51.4 Å². The van der Waals surface area contributed by atoms with Crippen LogP contribution in [-0.2, 0) is 9.53 Å². The minimum atomic E-state index is -0.171. The molecule has 1 saturated carbocycles. The first-order valence-corrected chi connectivity index (χ1v) is 5.94. The molecule has 2 nitrogen and oxygen atoms in total. The molecule has 0 aromatic carbocycles. The van der Waals surface area contributed by atoms with Crippen LogP contribution in [0.15, 0.2) is 12.7 Å². The lowest BCUT2D eigenvalue weighted by molar-refractivity contribution is -0.155. The summed E-state index contributed by atoms with van der Waals surface area (Å²) in [7, 11) is 1.51. The van der Waals surface area contributed by atoms with Crippen molar-refractivity contribution in [1.29, 1.82) is 0 Å². The molecule has 0 saturated heterocycles. The van der Waals surface area contributed by atoms with Crippen molar-refractivity contribution >= 4 is 5.97 Å². The highest BCUT2D eigenvalue weighted by Crippen LogP contribution is 2.41. The first kappa shape index (κ1) is 12.3. The normalized spacial score (nSPS) is 19.5. The minimum absolute atomic E-state index is 0.00580. The van der Waals surface area contributed by atoms with Crippen molar-refractivity contribution in [2.45, 2.75) is 51.4 Å². The van der Waals surface area contributed by atoms with E-state index >= 15 is 0 Å². The number of ether oxygens (including phenoxy) is 1. The van der Waals surface area contributed by atoms with Gasteiger partial charge in [-0.2, -0.15) is 0 Å². The molecule has 0 aliphatic heterocycles.